The molecule has 3 aromatic carbocycles. The summed E-state index contributed by atoms with van der Waals surface area (Å²) < 4.78 is 20.7. The largest absolute Gasteiger partial charge is 0.427 e. The van der Waals surface area contributed by atoms with Crippen LogP contribution in [0.4, 0.5) is 0 Å². The van der Waals surface area contributed by atoms with Gasteiger partial charge in [0.05, 0.1) is 0 Å². The van der Waals surface area contributed by atoms with Crippen LogP contribution in [0.2, 0.25) is 0 Å². The summed E-state index contributed by atoms with van der Waals surface area (Å²) in [5, 5.41) is 3.24. The van der Waals surface area contributed by atoms with E-state index < -0.39 is 24.8 Å². The highest BCUT2D eigenvalue weighted by molar-refractivity contribution is 7.79. The third-order valence-corrected chi connectivity index (χ3v) is 7.10. The quantitative estimate of drug-likeness (QED) is 0.493. The summed E-state index contributed by atoms with van der Waals surface area (Å²) in [5.74, 6) is 0.729. The van der Waals surface area contributed by atoms with Crippen molar-refractivity contribution in [3.8, 4) is 11.5 Å². The number of rotatable bonds is 7. The van der Waals surface area contributed by atoms with Crippen molar-refractivity contribution < 1.29 is 28.3 Å². The first-order valence-electron chi connectivity index (χ1n) is 8.26. The highest BCUT2D eigenvalue weighted by atomic mass is 31.2. The molecule has 6 nitrogen and oxygen atoms in total. The second-order valence-corrected chi connectivity index (χ2v) is 9.51. The van der Waals surface area contributed by atoms with Gasteiger partial charge in [0.15, 0.2) is 0 Å². The Balaban J connectivity index is 1.98. The van der Waals surface area contributed by atoms with E-state index in [2.05, 4.69) is 24.3 Å². The molecule has 0 bridgehead atoms. The van der Waals surface area contributed by atoms with Gasteiger partial charge in [-0.1, -0.05) is 54.1 Å². The Labute approximate surface area is 166 Å². The zero-order valence-electron chi connectivity index (χ0n) is 14.9. The summed E-state index contributed by atoms with van der Waals surface area (Å²) in [4.78, 5) is 27.0. The lowest BCUT2D eigenvalue weighted by Crippen LogP contribution is -2.20. The molecule has 0 aromatic heterocycles. The first-order chi connectivity index (χ1) is 13.4. The maximum atomic E-state index is 10.9. The van der Waals surface area contributed by atoms with E-state index in [1.807, 2.05) is 31.2 Å². The summed E-state index contributed by atoms with van der Waals surface area (Å²) in [6.07, 6.45) is 0. The molecule has 0 aliphatic rings. The van der Waals surface area contributed by atoms with E-state index in [-0.39, 0.29) is 0 Å². The topological polar surface area (TPSA) is 96.2 Å². The minimum atomic E-state index is -3.04. The third kappa shape index (κ3) is 5.62. The second kappa shape index (κ2) is 9.62. The van der Waals surface area contributed by atoms with Crippen LogP contribution in [0.15, 0.2) is 72.8 Å². The van der Waals surface area contributed by atoms with Crippen LogP contribution in [0.1, 0.15) is 5.56 Å². The second-order valence-electron chi connectivity index (χ2n) is 5.87. The van der Waals surface area contributed by atoms with Gasteiger partial charge in [0.1, 0.15) is 11.5 Å². The molecule has 0 saturated heterocycles. The molecule has 0 saturated carbocycles. The number of benzene rings is 3. The molecule has 0 aliphatic carbocycles. The lowest BCUT2D eigenvalue weighted by molar-refractivity contribution is 0.375. The number of aryl methyl sites for hydroxylation is 1. The molecule has 28 heavy (non-hydrogen) atoms. The van der Waals surface area contributed by atoms with E-state index in [9.17, 15) is 4.57 Å². The summed E-state index contributed by atoms with van der Waals surface area (Å²) in [7, 11) is -6.38. The highest BCUT2D eigenvalue weighted by Crippen LogP contribution is 2.35. The van der Waals surface area contributed by atoms with Crippen LogP contribution in [0.3, 0.4) is 0 Å². The zero-order valence-corrected chi connectivity index (χ0v) is 17.7. The molecule has 3 rings (SSSR count). The minimum absolute atomic E-state index is 0.344. The standard InChI is InChI=1S/C19H19O6P3/c1-14-2-8-17(9-3-14)26(18-10-4-15(5-11-18)24-27(20)21)19-12-6-16(7-13-19)25-28(22)23/h2-13,20-21,28H,1H3,(H,22,23). The first-order valence-corrected chi connectivity index (χ1v) is 12.0. The van der Waals surface area contributed by atoms with Gasteiger partial charge in [-0.3, -0.25) is 0 Å². The number of hydrogen-bond donors (Lipinski definition) is 3. The van der Waals surface area contributed by atoms with Gasteiger partial charge in [0.25, 0.3) is 0 Å². The molecule has 0 spiro atoms. The van der Waals surface area contributed by atoms with Crippen molar-refractivity contribution in [1.29, 1.82) is 0 Å². The minimum Gasteiger partial charge on any atom is -0.427 e. The van der Waals surface area contributed by atoms with Crippen molar-refractivity contribution in [2.75, 3.05) is 0 Å². The predicted octanol–water partition coefficient (Wildman–Crippen LogP) is 3.10. The Kier molecular flexibility index (Phi) is 7.20. The van der Waals surface area contributed by atoms with Gasteiger partial charge in [-0.15, -0.1) is 0 Å². The van der Waals surface area contributed by atoms with Crippen molar-refractivity contribution in [2.24, 2.45) is 0 Å². The van der Waals surface area contributed by atoms with E-state index in [0.29, 0.717) is 11.5 Å². The summed E-state index contributed by atoms with van der Waals surface area (Å²) in [5.41, 5.74) is 1.17. The third-order valence-electron chi connectivity index (χ3n) is 3.87. The van der Waals surface area contributed by atoms with Gasteiger partial charge < -0.3 is 23.7 Å². The summed E-state index contributed by atoms with van der Waals surface area (Å²) in [6, 6.07) is 22.6. The van der Waals surface area contributed by atoms with E-state index in [1.165, 1.54) is 5.56 Å². The fourth-order valence-electron chi connectivity index (χ4n) is 2.66. The molecule has 0 radical (unpaired) electrons. The normalized spacial score (nSPS) is 13.2. The molecule has 9 heteroatoms. The van der Waals surface area contributed by atoms with Crippen molar-refractivity contribution >= 4 is 40.7 Å². The van der Waals surface area contributed by atoms with Gasteiger partial charge in [-0.25, -0.2) is 4.57 Å². The van der Waals surface area contributed by atoms with Gasteiger partial charge in [0.2, 0.25) is 0 Å². The molecule has 0 aliphatic heterocycles. The van der Waals surface area contributed by atoms with E-state index in [1.54, 1.807) is 24.3 Å². The maximum absolute atomic E-state index is 10.9. The van der Waals surface area contributed by atoms with E-state index in [4.69, 9.17) is 23.7 Å². The average Bonchev–Trinajstić information content (AvgIpc) is 2.65. The summed E-state index contributed by atoms with van der Waals surface area (Å²) >= 11 is 0. The molecular formula is C19H19O6P3. The molecule has 0 fully saturated rings. The molecule has 146 valence electrons. The van der Waals surface area contributed by atoms with Crippen LogP contribution in [0.25, 0.3) is 0 Å². The van der Waals surface area contributed by atoms with Crippen molar-refractivity contribution in [3.05, 3.63) is 78.4 Å². The average molecular weight is 436 g/mol. The molecular weight excluding hydrogens is 417 g/mol. The van der Waals surface area contributed by atoms with Crippen molar-refractivity contribution in [2.45, 2.75) is 6.92 Å². The van der Waals surface area contributed by atoms with Gasteiger partial charge in [-0.2, -0.15) is 0 Å². The van der Waals surface area contributed by atoms with Gasteiger partial charge in [-0.05, 0) is 55.0 Å². The number of hydrogen-bond acceptors (Lipinski definition) is 5. The molecule has 0 amide bonds. The van der Waals surface area contributed by atoms with Crippen LogP contribution in [0, 0.1) is 6.92 Å². The lowest BCUT2D eigenvalue weighted by Gasteiger charge is -2.20. The Morgan fingerprint density at radius 2 is 1.18 bits per heavy atom. The van der Waals surface area contributed by atoms with Gasteiger partial charge in [0, 0.05) is 0 Å². The zero-order chi connectivity index (χ0) is 20.1. The van der Waals surface area contributed by atoms with E-state index in [0.717, 1.165) is 15.9 Å². The fraction of sp³-hybridized carbons (Fsp3) is 0.0526. The Bertz CT molecular complexity index is 927. The van der Waals surface area contributed by atoms with Crippen LogP contribution in [-0.4, -0.2) is 14.7 Å². The van der Waals surface area contributed by atoms with Crippen molar-refractivity contribution in [1.82, 2.24) is 0 Å². The maximum Gasteiger partial charge on any atom is 0.391 e. The first kappa shape index (κ1) is 21.0. The smallest absolute Gasteiger partial charge is 0.391 e. The van der Waals surface area contributed by atoms with Crippen LogP contribution < -0.4 is 25.0 Å². The molecule has 3 aromatic rings. The SMILES string of the molecule is Cc1ccc(P(c2ccc(OP(O)O)cc2)c2ccc(O[PH](=O)O)cc2)cc1. The van der Waals surface area contributed by atoms with Crippen LogP contribution in [0.5, 0.6) is 11.5 Å². The Morgan fingerprint density at radius 3 is 1.61 bits per heavy atom. The lowest BCUT2D eigenvalue weighted by atomic mass is 10.2. The molecule has 3 N–H and O–H groups in total. The summed E-state index contributed by atoms with van der Waals surface area (Å²) in [6.45, 7) is 2.03. The van der Waals surface area contributed by atoms with E-state index >= 15 is 0 Å². The predicted molar refractivity (Wildman–Crippen MR) is 114 cm³/mol. The fourth-order valence-corrected chi connectivity index (χ4v) is 5.54. The van der Waals surface area contributed by atoms with Gasteiger partial charge >= 0.3 is 16.9 Å². The van der Waals surface area contributed by atoms with Crippen LogP contribution in [-0.2, 0) is 4.57 Å². The molecule has 0 heterocycles. The highest BCUT2D eigenvalue weighted by Gasteiger charge is 2.17. The van der Waals surface area contributed by atoms with Crippen LogP contribution >= 0.6 is 24.8 Å². The Hall–Kier alpha value is -1.77. The Morgan fingerprint density at radius 1 is 0.750 bits per heavy atom. The molecule has 2 unspecified atom stereocenters. The monoisotopic (exact) mass is 436 g/mol. The molecule has 2 atom stereocenters. The van der Waals surface area contributed by atoms with Crippen molar-refractivity contribution in [3.63, 3.8) is 0 Å².